The molecule has 0 aliphatic rings. The fourth-order valence-electron chi connectivity index (χ4n) is 2.18. The van der Waals surface area contributed by atoms with Crippen molar-refractivity contribution in [2.24, 2.45) is 0 Å². The molecule has 2 aromatic rings. The van der Waals surface area contributed by atoms with E-state index in [1.54, 1.807) is 6.07 Å². The van der Waals surface area contributed by atoms with Gasteiger partial charge in [-0.2, -0.15) is 0 Å². The minimum absolute atomic E-state index is 0.182. The maximum atomic E-state index is 13.2. The fourth-order valence-corrected chi connectivity index (χ4v) is 2.18. The van der Waals surface area contributed by atoms with Gasteiger partial charge in [0.2, 0.25) is 0 Å². The predicted octanol–water partition coefficient (Wildman–Crippen LogP) is 3.42. The number of nitrogens with zero attached hydrogens (tertiary/aromatic N) is 1. The molecule has 3 heteroatoms. The van der Waals surface area contributed by atoms with Crippen molar-refractivity contribution in [1.29, 1.82) is 0 Å². The standard InChI is InChI=1S/C15H19FN2/c1-3-9-18-14(7-8-17-4-2)11-12-10-13(16)5-6-15(12)18/h3,5-6,9-11,17H,4,7-8H2,1-2H3/b9-3-. The summed E-state index contributed by atoms with van der Waals surface area (Å²) in [6.45, 7) is 5.99. The number of hydrogen-bond acceptors (Lipinski definition) is 1. The first-order valence-corrected chi connectivity index (χ1v) is 6.39. The van der Waals surface area contributed by atoms with E-state index in [1.807, 2.05) is 25.3 Å². The Morgan fingerprint density at radius 3 is 2.89 bits per heavy atom. The fraction of sp³-hybridized carbons (Fsp3) is 0.333. The van der Waals surface area contributed by atoms with Crippen molar-refractivity contribution in [2.45, 2.75) is 20.3 Å². The summed E-state index contributed by atoms with van der Waals surface area (Å²) >= 11 is 0. The van der Waals surface area contributed by atoms with E-state index in [0.29, 0.717) is 0 Å². The van der Waals surface area contributed by atoms with E-state index in [0.717, 1.165) is 30.4 Å². The summed E-state index contributed by atoms with van der Waals surface area (Å²) in [6, 6.07) is 7.00. The van der Waals surface area contributed by atoms with Crippen LogP contribution in [0.2, 0.25) is 0 Å². The minimum atomic E-state index is -0.182. The molecule has 1 aromatic carbocycles. The highest BCUT2D eigenvalue weighted by molar-refractivity contribution is 5.83. The molecule has 1 aromatic heterocycles. The van der Waals surface area contributed by atoms with E-state index < -0.39 is 0 Å². The van der Waals surface area contributed by atoms with Crippen LogP contribution in [-0.2, 0) is 6.42 Å². The van der Waals surface area contributed by atoms with Crippen LogP contribution in [0.15, 0.2) is 30.3 Å². The van der Waals surface area contributed by atoms with Crippen molar-refractivity contribution in [3.05, 3.63) is 41.9 Å². The van der Waals surface area contributed by atoms with Gasteiger partial charge in [0.25, 0.3) is 0 Å². The first-order valence-electron chi connectivity index (χ1n) is 6.39. The number of halogens is 1. The number of likely N-dealkylation sites (N-methyl/N-ethyl adjacent to an activating group) is 1. The molecule has 18 heavy (non-hydrogen) atoms. The molecule has 2 nitrogen and oxygen atoms in total. The summed E-state index contributed by atoms with van der Waals surface area (Å²) in [5.74, 6) is -0.182. The first kappa shape index (κ1) is 12.8. The monoisotopic (exact) mass is 246 g/mol. The van der Waals surface area contributed by atoms with Gasteiger partial charge < -0.3 is 9.88 Å². The average molecular weight is 246 g/mol. The maximum absolute atomic E-state index is 13.2. The number of benzene rings is 1. The highest BCUT2D eigenvalue weighted by Gasteiger charge is 2.07. The van der Waals surface area contributed by atoms with E-state index in [2.05, 4.69) is 22.9 Å². The summed E-state index contributed by atoms with van der Waals surface area (Å²) in [5, 5.41) is 4.27. The summed E-state index contributed by atoms with van der Waals surface area (Å²) < 4.78 is 15.4. The Morgan fingerprint density at radius 2 is 2.17 bits per heavy atom. The minimum Gasteiger partial charge on any atom is -0.321 e. The molecule has 1 N–H and O–H groups in total. The van der Waals surface area contributed by atoms with Crippen molar-refractivity contribution in [3.8, 4) is 0 Å². The Kier molecular flexibility index (Phi) is 4.15. The molecule has 0 fully saturated rings. The molecule has 0 saturated carbocycles. The zero-order valence-electron chi connectivity index (χ0n) is 10.9. The van der Waals surface area contributed by atoms with Crippen molar-refractivity contribution in [2.75, 3.05) is 13.1 Å². The number of rotatable bonds is 5. The molecule has 0 radical (unpaired) electrons. The molecule has 1 heterocycles. The van der Waals surface area contributed by atoms with Gasteiger partial charge in [0, 0.05) is 30.2 Å². The largest absolute Gasteiger partial charge is 0.321 e. The van der Waals surface area contributed by atoms with E-state index in [4.69, 9.17) is 0 Å². The van der Waals surface area contributed by atoms with E-state index >= 15 is 0 Å². The van der Waals surface area contributed by atoms with Crippen LogP contribution in [0.4, 0.5) is 4.39 Å². The van der Waals surface area contributed by atoms with Gasteiger partial charge in [-0.05, 0) is 37.7 Å². The van der Waals surface area contributed by atoms with Crippen LogP contribution in [0.5, 0.6) is 0 Å². The molecular formula is C15H19FN2. The smallest absolute Gasteiger partial charge is 0.123 e. The molecule has 0 aliphatic carbocycles. The van der Waals surface area contributed by atoms with E-state index in [1.165, 1.54) is 11.8 Å². The summed E-state index contributed by atoms with van der Waals surface area (Å²) in [6.07, 6.45) is 4.97. The van der Waals surface area contributed by atoms with Gasteiger partial charge in [0.05, 0.1) is 5.52 Å². The Balaban J connectivity index is 2.40. The maximum Gasteiger partial charge on any atom is 0.123 e. The quantitative estimate of drug-likeness (QED) is 0.800. The third kappa shape index (κ3) is 2.62. The third-order valence-corrected chi connectivity index (χ3v) is 2.99. The Bertz CT molecular complexity index is 555. The Hall–Kier alpha value is -1.61. The average Bonchev–Trinajstić information content (AvgIpc) is 2.68. The number of aromatic nitrogens is 1. The van der Waals surface area contributed by atoms with Crippen LogP contribution in [0.3, 0.4) is 0 Å². The van der Waals surface area contributed by atoms with Gasteiger partial charge in [-0.15, -0.1) is 0 Å². The van der Waals surface area contributed by atoms with E-state index in [-0.39, 0.29) is 5.82 Å². The molecule has 0 atom stereocenters. The van der Waals surface area contributed by atoms with Gasteiger partial charge in [-0.3, -0.25) is 0 Å². The predicted molar refractivity (Wildman–Crippen MR) is 75.1 cm³/mol. The van der Waals surface area contributed by atoms with Crippen molar-refractivity contribution < 1.29 is 4.39 Å². The van der Waals surface area contributed by atoms with Crippen molar-refractivity contribution >= 4 is 17.1 Å². The highest BCUT2D eigenvalue weighted by atomic mass is 19.1. The second-order valence-corrected chi connectivity index (χ2v) is 4.29. The zero-order valence-corrected chi connectivity index (χ0v) is 10.9. The summed E-state index contributed by atoms with van der Waals surface area (Å²) in [4.78, 5) is 0. The normalized spacial score (nSPS) is 11.7. The first-order chi connectivity index (χ1) is 8.76. The molecule has 0 aliphatic heterocycles. The van der Waals surface area contributed by atoms with Crippen LogP contribution >= 0.6 is 0 Å². The molecular weight excluding hydrogens is 227 g/mol. The van der Waals surface area contributed by atoms with Crippen LogP contribution in [0.1, 0.15) is 19.5 Å². The lowest BCUT2D eigenvalue weighted by Crippen LogP contribution is -2.17. The van der Waals surface area contributed by atoms with Gasteiger partial charge in [-0.25, -0.2) is 4.39 Å². The molecule has 0 spiro atoms. The number of allylic oxidation sites excluding steroid dienone is 1. The third-order valence-electron chi connectivity index (χ3n) is 2.99. The van der Waals surface area contributed by atoms with Gasteiger partial charge >= 0.3 is 0 Å². The molecule has 2 rings (SSSR count). The molecule has 0 unspecified atom stereocenters. The number of nitrogens with one attached hydrogen (secondary N) is 1. The Morgan fingerprint density at radius 1 is 1.33 bits per heavy atom. The molecule has 96 valence electrons. The SMILES string of the molecule is C/C=C\n1c(CCNCC)cc2cc(F)ccc21. The second kappa shape index (κ2) is 5.83. The van der Waals surface area contributed by atoms with E-state index in [9.17, 15) is 4.39 Å². The van der Waals surface area contributed by atoms with Gasteiger partial charge in [-0.1, -0.05) is 13.0 Å². The summed E-state index contributed by atoms with van der Waals surface area (Å²) in [5.41, 5.74) is 2.26. The highest BCUT2D eigenvalue weighted by Crippen LogP contribution is 2.21. The van der Waals surface area contributed by atoms with Crippen molar-refractivity contribution in [1.82, 2.24) is 9.88 Å². The second-order valence-electron chi connectivity index (χ2n) is 4.29. The lowest BCUT2D eigenvalue weighted by molar-refractivity contribution is 0.629. The topological polar surface area (TPSA) is 17.0 Å². The van der Waals surface area contributed by atoms with Crippen molar-refractivity contribution in [3.63, 3.8) is 0 Å². The lowest BCUT2D eigenvalue weighted by atomic mass is 10.2. The van der Waals surface area contributed by atoms with Crippen LogP contribution in [-0.4, -0.2) is 17.7 Å². The van der Waals surface area contributed by atoms with Crippen LogP contribution in [0, 0.1) is 5.82 Å². The Labute approximate surface area is 107 Å². The zero-order chi connectivity index (χ0) is 13.0. The van der Waals surface area contributed by atoms with Crippen LogP contribution in [0.25, 0.3) is 17.1 Å². The van der Waals surface area contributed by atoms with Gasteiger partial charge in [0.15, 0.2) is 0 Å². The van der Waals surface area contributed by atoms with Gasteiger partial charge in [0.1, 0.15) is 5.82 Å². The number of fused-ring (bicyclic) bond motifs is 1. The van der Waals surface area contributed by atoms with Crippen LogP contribution < -0.4 is 5.32 Å². The number of hydrogen-bond donors (Lipinski definition) is 1. The molecule has 0 saturated heterocycles. The molecule has 0 amide bonds. The molecule has 0 bridgehead atoms. The summed E-state index contributed by atoms with van der Waals surface area (Å²) in [7, 11) is 0. The lowest BCUT2D eigenvalue weighted by Gasteiger charge is -2.05.